The molecule has 0 aromatic heterocycles. The summed E-state index contributed by atoms with van der Waals surface area (Å²) in [5.74, 6) is -0.313. The highest BCUT2D eigenvalue weighted by Gasteiger charge is 2.24. The topological polar surface area (TPSA) is 38.7 Å². The van der Waals surface area contributed by atoms with Gasteiger partial charge in [-0.15, -0.1) is 0 Å². The van der Waals surface area contributed by atoms with Gasteiger partial charge in [0.05, 0.1) is 10.0 Å². The largest absolute Gasteiger partial charge is 0.402 e. The number of carbonyl (C=O) groups is 1. The second-order valence-electron chi connectivity index (χ2n) is 4.49. The molecule has 0 aliphatic carbocycles. The fourth-order valence-electron chi connectivity index (χ4n) is 1.90. The lowest BCUT2D eigenvalue weighted by Gasteiger charge is -2.00. The number of benzene rings is 2. The van der Waals surface area contributed by atoms with Gasteiger partial charge >= 0.3 is 5.97 Å². The number of rotatable bonds is 2. The first-order valence-corrected chi connectivity index (χ1v) is 7.40. The summed E-state index contributed by atoms with van der Waals surface area (Å²) >= 11 is 17.9. The average Bonchev–Trinajstić information content (AvgIpc) is 2.86. The first-order chi connectivity index (χ1) is 10.5. The van der Waals surface area contributed by atoms with Gasteiger partial charge in [0.25, 0.3) is 0 Å². The SMILES string of the molecule is O=C1OC(c2ccc(Cl)cc2)=N/C1=C\c1cccc(Cl)c1Cl. The number of hydrogen-bond donors (Lipinski definition) is 0. The number of halogens is 3. The summed E-state index contributed by atoms with van der Waals surface area (Å²) in [6, 6.07) is 12.0. The smallest absolute Gasteiger partial charge is 0.363 e. The van der Waals surface area contributed by atoms with Crippen LogP contribution in [0.15, 0.2) is 53.2 Å². The van der Waals surface area contributed by atoms with Gasteiger partial charge in [-0.05, 0) is 42.0 Å². The standard InChI is InChI=1S/C16H8Cl3NO2/c17-11-6-4-9(5-7-11)15-20-13(16(21)22-15)8-10-2-1-3-12(18)14(10)19/h1-8H/b13-8-. The predicted molar refractivity (Wildman–Crippen MR) is 88.5 cm³/mol. The van der Waals surface area contributed by atoms with Crippen LogP contribution in [-0.2, 0) is 9.53 Å². The van der Waals surface area contributed by atoms with E-state index in [0.29, 0.717) is 26.2 Å². The Bertz CT molecular complexity index is 811. The maximum absolute atomic E-state index is 11.9. The second kappa shape index (κ2) is 6.13. The van der Waals surface area contributed by atoms with Crippen LogP contribution >= 0.6 is 34.8 Å². The molecule has 22 heavy (non-hydrogen) atoms. The van der Waals surface area contributed by atoms with Crippen molar-refractivity contribution >= 4 is 52.7 Å². The summed E-state index contributed by atoms with van der Waals surface area (Å²) in [6.07, 6.45) is 1.54. The van der Waals surface area contributed by atoms with Crippen molar-refractivity contribution in [2.75, 3.05) is 0 Å². The van der Waals surface area contributed by atoms with E-state index in [1.807, 2.05) is 0 Å². The highest BCUT2D eigenvalue weighted by atomic mass is 35.5. The number of carbonyl (C=O) groups excluding carboxylic acids is 1. The first-order valence-electron chi connectivity index (χ1n) is 6.27. The monoisotopic (exact) mass is 351 g/mol. The number of hydrogen-bond acceptors (Lipinski definition) is 3. The Hall–Kier alpha value is -1.81. The van der Waals surface area contributed by atoms with E-state index in [2.05, 4.69) is 4.99 Å². The highest BCUT2D eigenvalue weighted by Crippen LogP contribution is 2.28. The van der Waals surface area contributed by atoms with Gasteiger partial charge in [-0.1, -0.05) is 46.9 Å². The molecule has 3 nitrogen and oxygen atoms in total. The third-order valence-corrected chi connectivity index (χ3v) is 4.07. The van der Waals surface area contributed by atoms with Gasteiger partial charge in [0.1, 0.15) is 0 Å². The zero-order valence-corrected chi connectivity index (χ0v) is 13.3. The van der Waals surface area contributed by atoms with Crippen molar-refractivity contribution in [2.24, 2.45) is 4.99 Å². The highest BCUT2D eigenvalue weighted by molar-refractivity contribution is 6.43. The molecule has 1 aliphatic rings. The summed E-state index contributed by atoms with van der Waals surface area (Å²) in [5.41, 5.74) is 1.43. The summed E-state index contributed by atoms with van der Waals surface area (Å²) in [4.78, 5) is 16.1. The lowest BCUT2D eigenvalue weighted by atomic mass is 10.2. The van der Waals surface area contributed by atoms with E-state index in [-0.39, 0.29) is 11.6 Å². The van der Waals surface area contributed by atoms with Crippen molar-refractivity contribution < 1.29 is 9.53 Å². The Balaban J connectivity index is 1.97. The molecule has 0 saturated carbocycles. The van der Waals surface area contributed by atoms with Gasteiger partial charge in [-0.25, -0.2) is 9.79 Å². The third-order valence-electron chi connectivity index (χ3n) is 2.99. The van der Waals surface area contributed by atoms with E-state index in [1.54, 1.807) is 48.5 Å². The van der Waals surface area contributed by atoms with Crippen molar-refractivity contribution in [1.82, 2.24) is 0 Å². The van der Waals surface area contributed by atoms with Crippen LogP contribution in [0.4, 0.5) is 0 Å². The first kappa shape index (κ1) is 15.1. The molecule has 2 aromatic rings. The van der Waals surface area contributed by atoms with Crippen LogP contribution in [0.1, 0.15) is 11.1 Å². The Morgan fingerprint density at radius 2 is 1.73 bits per heavy atom. The van der Waals surface area contributed by atoms with E-state index in [9.17, 15) is 4.79 Å². The van der Waals surface area contributed by atoms with Crippen molar-refractivity contribution in [1.29, 1.82) is 0 Å². The van der Waals surface area contributed by atoms with E-state index in [1.165, 1.54) is 0 Å². The molecule has 0 atom stereocenters. The lowest BCUT2D eigenvalue weighted by Crippen LogP contribution is -2.05. The molecule has 6 heteroatoms. The van der Waals surface area contributed by atoms with Crippen LogP contribution in [0.3, 0.4) is 0 Å². The molecule has 0 bridgehead atoms. The zero-order valence-electron chi connectivity index (χ0n) is 11.0. The van der Waals surface area contributed by atoms with Crippen LogP contribution in [0.25, 0.3) is 6.08 Å². The minimum Gasteiger partial charge on any atom is -0.402 e. The summed E-state index contributed by atoms with van der Waals surface area (Å²) in [7, 11) is 0. The predicted octanol–water partition coefficient (Wildman–Crippen LogP) is 4.99. The molecule has 2 aromatic carbocycles. The van der Waals surface area contributed by atoms with Gasteiger partial charge < -0.3 is 4.74 Å². The second-order valence-corrected chi connectivity index (χ2v) is 5.71. The Kier molecular flexibility index (Phi) is 4.21. The summed E-state index contributed by atoms with van der Waals surface area (Å²) < 4.78 is 5.17. The Labute approximate surface area is 141 Å². The van der Waals surface area contributed by atoms with Crippen molar-refractivity contribution in [3.05, 3.63) is 74.4 Å². The number of esters is 1. The molecule has 0 N–H and O–H groups in total. The average molecular weight is 353 g/mol. The Morgan fingerprint density at radius 1 is 1.00 bits per heavy atom. The molecule has 1 aliphatic heterocycles. The van der Waals surface area contributed by atoms with Gasteiger partial charge in [0.15, 0.2) is 5.70 Å². The molecule has 1 heterocycles. The lowest BCUT2D eigenvalue weighted by molar-refractivity contribution is -0.129. The minimum absolute atomic E-state index is 0.161. The van der Waals surface area contributed by atoms with E-state index >= 15 is 0 Å². The molecule has 0 radical (unpaired) electrons. The number of nitrogens with zero attached hydrogens (tertiary/aromatic N) is 1. The van der Waals surface area contributed by atoms with E-state index < -0.39 is 5.97 Å². The van der Waals surface area contributed by atoms with Crippen LogP contribution in [0.2, 0.25) is 15.1 Å². The van der Waals surface area contributed by atoms with Gasteiger partial charge in [-0.2, -0.15) is 0 Å². The maximum atomic E-state index is 11.9. The molecule has 0 amide bonds. The molecular formula is C16H8Cl3NO2. The van der Waals surface area contributed by atoms with E-state index in [0.717, 1.165) is 0 Å². The van der Waals surface area contributed by atoms with Crippen LogP contribution in [-0.4, -0.2) is 11.9 Å². The van der Waals surface area contributed by atoms with Crippen molar-refractivity contribution in [2.45, 2.75) is 0 Å². The fourth-order valence-corrected chi connectivity index (χ4v) is 2.39. The molecule has 0 saturated heterocycles. The van der Waals surface area contributed by atoms with Gasteiger partial charge in [0, 0.05) is 10.6 Å². The zero-order chi connectivity index (χ0) is 15.7. The quantitative estimate of drug-likeness (QED) is 0.564. The van der Waals surface area contributed by atoms with Gasteiger partial charge in [-0.3, -0.25) is 0 Å². The van der Waals surface area contributed by atoms with E-state index in [4.69, 9.17) is 39.5 Å². The molecular weight excluding hydrogens is 345 g/mol. The third kappa shape index (κ3) is 3.02. The Morgan fingerprint density at radius 3 is 2.45 bits per heavy atom. The molecule has 0 unspecified atom stereocenters. The molecule has 0 spiro atoms. The number of cyclic esters (lactones) is 1. The van der Waals surface area contributed by atoms with Crippen LogP contribution < -0.4 is 0 Å². The maximum Gasteiger partial charge on any atom is 0.363 e. The van der Waals surface area contributed by atoms with Crippen molar-refractivity contribution in [3.8, 4) is 0 Å². The minimum atomic E-state index is -0.541. The summed E-state index contributed by atoms with van der Waals surface area (Å²) in [5, 5.41) is 1.36. The molecule has 0 fully saturated rings. The number of aliphatic imine (C=N–C) groups is 1. The van der Waals surface area contributed by atoms with Crippen LogP contribution in [0, 0.1) is 0 Å². The fraction of sp³-hybridized carbons (Fsp3) is 0. The van der Waals surface area contributed by atoms with Crippen LogP contribution in [0.5, 0.6) is 0 Å². The molecule has 3 rings (SSSR count). The normalized spacial score (nSPS) is 15.9. The summed E-state index contributed by atoms with van der Waals surface area (Å²) in [6.45, 7) is 0. The van der Waals surface area contributed by atoms with Crippen molar-refractivity contribution in [3.63, 3.8) is 0 Å². The molecule has 110 valence electrons. The number of ether oxygens (including phenoxy) is 1. The van der Waals surface area contributed by atoms with Gasteiger partial charge in [0.2, 0.25) is 5.90 Å².